The summed E-state index contributed by atoms with van der Waals surface area (Å²) in [6.45, 7) is 4.07. The van der Waals surface area contributed by atoms with Crippen LogP contribution >= 0.6 is 11.3 Å². The Labute approximate surface area is 158 Å². The Bertz CT molecular complexity index is 1230. The predicted molar refractivity (Wildman–Crippen MR) is 107 cm³/mol. The minimum Gasteiger partial charge on any atom is -0.508 e. The molecule has 134 valence electrons. The Morgan fingerprint density at radius 1 is 1.11 bits per heavy atom. The number of anilines is 1. The van der Waals surface area contributed by atoms with Gasteiger partial charge in [0.15, 0.2) is 0 Å². The fourth-order valence-electron chi connectivity index (χ4n) is 3.05. The van der Waals surface area contributed by atoms with Crippen molar-refractivity contribution in [3.63, 3.8) is 0 Å². The topological polar surface area (TPSA) is 71.3 Å². The molecule has 0 bridgehead atoms. The smallest absolute Gasteiger partial charge is 0.270 e. The van der Waals surface area contributed by atoms with Gasteiger partial charge in [-0.15, -0.1) is 17.9 Å². The highest BCUT2D eigenvalue weighted by molar-refractivity contribution is 7.07. The van der Waals surface area contributed by atoms with Gasteiger partial charge in [-0.1, -0.05) is 36.4 Å². The van der Waals surface area contributed by atoms with E-state index in [2.05, 4.69) is 11.9 Å². The summed E-state index contributed by atoms with van der Waals surface area (Å²) in [5.41, 5.74) is 2.49. The Morgan fingerprint density at radius 3 is 2.59 bits per heavy atom. The molecule has 4 rings (SSSR count). The molecule has 0 spiro atoms. The van der Waals surface area contributed by atoms with Crippen LogP contribution in [0, 0.1) is 0 Å². The Balaban J connectivity index is 2.02. The lowest BCUT2D eigenvalue weighted by Gasteiger charge is -1.97. The van der Waals surface area contributed by atoms with Gasteiger partial charge in [0, 0.05) is 17.8 Å². The van der Waals surface area contributed by atoms with E-state index < -0.39 is 0 Å². The van der Waals surface area contributed by atoms with Crippen molar-refractivity contribution in [1.82, 2.24) is 4.57 Å². The summed E-state index contributed by atoms with van der Waals surface area (Å²) in [6.07, 6.45) is 3.51. The molecule has 1 aliphatic rings. The lowest BCUT2D eigenvalue weighted by atomic mass is 10.1. The second kappa shape index (κ2) is 6.74. The van der Waals surface area contributed by atoms with Crippen molar-refractivity contribution in [2.24, 2.45) is 0 Å². The van der Waals surface area contributed by atoms with Crippen molar-refractivity contribution in [1.29, 1.82) is 0 Å². The molecule has 1 aromatic heterocycles. The summed E-state index contributed by atoms with van der Waals surface area (Å²) >= 11 is 1.28. The van der Waals surface area contributed by atoms with Gasteiger partial charge in [0.25, 0.3) is 11.5 Å². The van der Waals surface area contributed by atoms with Crippen molar-refractivity contribution in [3.8, 4) is 5.75 Å². The molecule has 3 aromatic rings. The maximum atomic E-state index is 13.0. The average molecular weight is 376 g/mol. The molecule has 0 radical (unpaired) electrons. The zero-order valence-corrected chi connectivity index (χ0v) is 15.1. The number of amides is 1. The molecule has 0 aliphatic carbocycles. The minimum absolute atomic E-state index is 0.178. The SMILES string of the molecule is C=CCn1c(=Cc2ccc(O)cc2)sc(=C2C(=O)Nc3ccccc32)c1=O. The molecule has 1 amide bonds. The second-order valence-corrected chi connectivity index (χ2v) is 7.12. The highest BCUT2D eigenvalue weighted by Crippen LogP contribution is 2.29. The number of carbonyl (C=O) groups is 1. The van der Waals surface area contributed by atoms with Crippen LogP contribution in [0.2, 0.25) is 0 Å². The summed E-state index contributed by atoms with van der Waals surface area (Å²) in [7, 11) is 0. The highest BCUT2D eigenvalue weighted by Gasteiger charge is 2.26. The largest absolute Gasteiger partial charge is 0.508 e. The van der Waals surface area contributed by atoms with Crippen LogP contribution in [-0.4, -0.2) is 15.6 Å². The van der Waals surface area contributed by atoms with Crippen LogP contribution < -0.4 is 20.1 Å². The van der Waals surface area contributed by atoms with Crippen LogP contribution in [0.15, 0.2) is 66.0 Å². The molecule has 2 aromatic carbocycles. The van der Waals surface area contributed by atoms with Gasteiger partial charge >= 0.3 is 0 Å². The number of nitrogens with zero attached hydrogens (tertiary/aromatic N) is 1. The van der Waals surface area contributed by atoms with Gasteiger partial charge in [0.05, 0.1) is 10.2 Å². The van der Waals surface area contributed by atoms with E-state index in [1.807, 2.05) is 30.3 Å². The number of phenols is 1. The third-order valence-corrected chi connectivity index (χ3v) is 5.44. The number of thiazole rings is 1. The summed E-state index contributed by atoms with van der Waals surface area (Å²) < 4.78 is 2.72. The highest BCUT2D eigenvalue weighted by atomic mass is 32.1. The van der Waals surface area contributed by atoms with E-state index in [-0.39, 0.29) is 17.2 Å². The molecule has 0 saturated carbocycles. The molecule has 2 N–H and O–H groups in total. The number of allylic oxidation sites excluding steroid dienone is 1. The van der Waals surface area contributed by atoms with Crippen LogP contribution in [0.4, 0.5) is 5.69 Å². The molecule has 27 heavy (non-hydrogen) atoms. The molecule has 6 heteroatoms. The number of carbonyl (C=O) groups excluding carboxylic acids is 1. The Hall–Kier alpha value is -3.38. The average Bonchev–Trinajstić information content (AvgIpc) is 3.14. The van der Waals surface area contributed by atoms with Crippen LogP contribution in [0.1, 0.15) is 11.1 Å². The predicted octanol–water partition coefficient (Wildman–Crippen LogP) is 1.78. The van der Waals surface area contributed by atoms with Crippen LogP contribution in [0.5, 0.6) is 5.75 Å². The van der Waals surface area contributed by atoms with Crippen molar-refractivity contribution in [2.75, 3.05) is 5.32 Å². The maximum Gasteiger partial charge on any atom is 0.270 e. The number of phenolic OH excluding ortho intramolecular Hbond substituents is 1. The Kier molecular flexibility index (Phi) is 4.25. The molecule has 0 unspecified atom stereocenters. The first-order chi connectivity index (χ1) is 13.1. The number of rotatable bonds is 3. The number of para-hydroxylation sites is 1. The van der Waals surface area contributed by atoms with Crippen LogP contribution in [0.25, 0.3) is 11.6 Å². The molecule has 0 saturated heterocycles. The molecule has 2 heterocycles. The van der Waals surface area contributed by atoms with Gasteiger partial charge in [-0.3, -0.25) is 14.2 Å². The lowest BCUT2D eigenvalue weighted by Crippen LogP contribution is -2.33. The fraction of sp³-hybridized carbons (Fsp3) is 0.0476. The first-order valence-corrected chi connectivity index (χ1v) is 9.16. The molecular formula is C21H16N2O3S. The van der Waals surface area contributed by atoms with E-state index in [0.29, 0.717) is 27.0 Å². The normalized spacial score (nSPS) is 15.6. The van der Waals surface area contributed by atoms with Crippen molar-refractivity contribution < 1.29 is 9.90 Å². The second-order valence-electron chi connectivity index (χ2n) is 6.08. The van der Waals surface area contributed by atoms with Crippen LogP contribution in [-0.2, 0) is 11.3 Å². The third kappa shape index (κ3) is 3.00. The first-order valence-electron chi connectivity index (χ1n) is 8.35. The molecule has 1 aliphatic heterocycles. The molecule has 5 nitrogen and oxygen atoms in total. The van der Waals surface area contributed by atoms with Gasteiger partial charge in [-0.2, -0.15) is 0 Å². The Morgan fingerprint density at radius 2 is 1.85 bits per heavy atom. The van der Waals surface area contributed by atoms with E-state index in [0.717, 1.165) is 11.1 Å². The van der Waals surface area contributed by atoms with E-state index >= 15 is 0 Å². The molecular weight excluding hydrogens is 360 g/mol. The number of hydrogen-bond donors (Lipinski definition) is 2. The van der Waals surface area contributed by atoms with Gasteiger partial charge < -0.3 is 10.4 Å². The number of aromatic nitrogens is 1. The van der Waals surface area contributed by atoms with Gasteiger partial charge in [0.1, 0.15) is 10.3 Å². The number of fused-ring (bicyclic) bond motifs is 1. The van der Waals surface area contributed by atoms with E-state index in [9.17, 15) is 14.7 Å². The van der Waals surface area contributed by atoms with Gasteiger partial charge in [-0.25, -0.2) is 0 Å². The minimum atomic E-state index is -0.267. The zero-order valence-electron chi connectivity index (χ0n) is 14.3. The van der Waals surface area contributed by atoms with E-state index in [1.54, 1.807) is 34.9 Å². The summed E-state index contributed by atoms with van der Waals surface area (Å²) in [4.78, 5) is 25.5. The fourth-order valence-corrected chi connectivity index (χ4v) is 4.22. The summed E-state index contributed by atoms with van der Waals surface area (Å²) in [6, 6.07) is 14.1. The number of nitrogens with one attached hydrogen (secondary N) is 1. The van der Waals surface area contributed by atoms with E-state index in [4.69, 9.17) is 0 Å². The zero-order chi connectivity index (χ0) is 19.0. The van der Waals surface area contributed by atoms with Gasteiger partial charge in [-0.05, 0) is 29.8 Å². The number of benzene rings is 2. The molecule has 0 fully saturated rings. The molecule has 0 atom stereocenters. The lowest BCUT2D eigenvalue weighted by molar-refractivity contribution is -0.110. The third-order valence-electron chi connectivity index (χ3n) is 4.31. The standard InChI is InChI=1S/C21H16N2O3S/c1-2-11-23-17(12-13-7-9-14(24)10-8-13)27-19(21(23)26)18-15-5-3-4-6-16(15)22-20(18)25/h2-10,12,24H,1,11H2,(H,22,25). The van der Waals surface area contributed by atoms with Crippen molar-refractivity contribution in [2.45, 2.75) is 6.54 Å². The first kappa shape index (κ1) is 17.1. The maximum absolute atomic E-state index is 13.0. The number of hydrogen-bond acceptors (Lipinski definition) is 4. The number of aromatic hydroxyl groups is 1. The van der Waals surface area contributed by atoms with Crippen molar-refractivity contribution in [3.05, 3.63) is 91.9 Å². The van der Waals surface area contributed by atoms with Gasteiger partial charge in [0.2, 0.25) is 0 Å². The summed E-state index contributed by atoms with van der Waals surface area (Å²) in [5, 5.41) is 12.3. The summed E-state index contributed by atoms with van der Waals surface area (Å²) in [5.74, 6) is -0.0891. The monoisotopic (exact) mass is 376 g/mol. The van der Waals surface area contributed by atoms with Crippen LogP contribution in [0.3, 0.4) is 0 Å². The van der Waals surface area contributed by atoms with E-state index in [1.165, 1.54) is 11.3 Å². The quantitative estimate of drug-likeness (QED) is 0.685. The van der Waals surface area contributed by atoms with Crippen molar-refractivity contribution >= 4 is 34.6 Å².